The average molecular weight is 263 g/mol. The standard InChI is InChI=1S/C18H17NO/c20-18(17-8-4-5-13-19-17)16-11-9-15(10-12-16)14-6-2-1-3-7-14/h1-9,13,16H,10-12H2. The minimum Gasteiger partial charge on any atom is -0.292 e. The second kappa shape index (κ2) is 5.83. The molecule has 1 aromatic heterocycles. The molecule has 3 rings (SSSR count). The fraction of sp³-hybridized carbons (Fsp3) is 0.222. The highest BCUT2D eigenvalue weighted by Crippen LogP contribution is 2.31. The Kier molecular flexibility index (Phi) is 3.73. The number of allylic oxidation sites excluding steroid dienone is 2. The fourth-order valence-corrected chi connectivity index (χ4v) is 2.70. The molecule has 2 heteroatoms. The van der Waals surface area contributed by atoms with Crippen LogP contribution in [0.5, 0.6) is 0 Å². The summed E-state index contributed by atoms with van der Waals surface area (Å²) in [7, 11) is 0. The van der Waals surface area contributed by atoms with Gasteiger partial charge in [0.25, 0.3) is 0 Å². The number of rotatable bonds is 3. The Morgan fingerprint density at radius 1 is 1.05 bits per heavy atom. The van der Waals surface area contributed by atoms with E-state index in [1.807, 2.05) is 18.2 Å². The van der Waals surface area contributed by atoms with Crippen molar-refractivity contribution in [1.29, 1.82) is 0 Å². The number of Topliss-reactive ketones (excluding diaryl/α,β-unsaturated/α-hetero) is 1. The first-order valence-corrected chi connectivity index (χ1v) is 7.04. The first-order chi connectivity index (χ1) is 9.84. The molecular formula is C18H17NO. The van der Waals surface area contributed by atoms with Crippen molar-refractivity contribution in [2.45, 2.75) is 19.3 Å². The van der Waals surface area contributed by atoms with Crippen molar-refractivity contribution in [2.75, 3.05) is 0 Å². The summed E-state index contributed by atoms with van der Waals surface area (Å²) in [4.78, 5) is 16.5. The number of benzene rings is 1. The van der Waals surface area contributed by atoms with Gasteiger partial charge in [-0.3, -0.25) is 9.78 Å². The van der Waals surface area contributed by atoms with Crippen molar-refractivity contribution in [3.63, 3.8) is 0 Å². The van der Waals surface area contributed by atoms with E-state index in [9.17, 15) is 4.79 Å². The molecule has 0 N–H and O–H groups in total. The van der Waals surface area contributed by atoms with Crippen molar-refractivity contribution < 1.29 is 4.79 Å². The van der Waals surface area contributed by atoms with Gasteiger partial charge in [0.05, 0.1) is 0 Å². The smallest absolute Gasteiger partial charge is 0.184 e. The molecule has 20 heavy (non-hydrogen) atoms. The Morgan fingerprint density at radius 3 is 2.50 bits per heavy atom. The Balaban J connectivity index is 1.72. The summed E-state index contributed by atoms with van der Waals surface area (Å²) in [6, 6.07) is 15.9. The van der Waals surface area contributed by atoms with Crippen molar-refractivity contribution in [2.24, 2.45) is 5.92 Å². The second-order valence-electron chi connectivity index (χ2n) is 5.15. The maximum Gasteiger partial charge on any atom is 0.184 e. The molecule has 0 spiro atoms. The number of pyridine rings is 1. The molecule has 0 amide bonds. The summed E-state index contributed by atoms with van der Waals surface area (Å²) >= 11 is 0. The van der Waals surface area contributed by atoms with Crippen molar-refractivity contribution >= 4 is 11.4 Å². The highest BCUT2D eigenvalue weighted by atomic mass is 16.1. The van der Waals surface area contributed by atoms with Gasteiger partial charge >= 0.3 is 0 Å². The first kappa shape index (κ1) is 12.8. The highest BCUT2D eigenvalue weighted by Gasteiger charge is 2.23. The summed E-state index contributed by atoms with van der Waals surface area (Å²) in [5.74, 6) is 0.256. The lowest BCUT2D eigenvalue weighted by Gasteiger charge is -2.20. The largest absolute Gasteiger partial charge is 0.292 e. The van der Waals surface area contributed by atoms with Crippen LogP contribution in [0.2, 0.25) is 0 Å². The van der Waals surface area contributed by atoms with Crippen LogP contribution in [0.15, 0.2) is 60.8 Å². The van der Waals surface area contributed by atoms with Gasteiger partial charge < -0.3 is 0 Å². The number of hydrogen-bond donors (Lipinski definition) is 0. The molecule has 1 atom stereocenters. The SMILES string of the molecule is O=C(c1ccccn1)C1CC=C(c2ccccc2)CC1. The third-order valence-corrected chi connectivity index (χ3v) is 3.84. The van der Waals surface area contributed by atoms with Gasteiger partial charge in [0.1, 0.15) is 5.69 Å². The molecule has 0 saturated carbocycles. The van der Waals surface area contributed by atoms with Crippen LogP contribution in [0, 0.1) is 5.92 Å². The van der Waals surface area contributed by atoms with Crippen LogP contribution in [0.1, 0.15) is 35.3 Å². The number of carbonyl (C=O) groups excluding carboxylic acids is 1. The zero-order valence-corrected chi connectivity index (χ0v) is 11.3. The molecule has 1 aliphatic carbocycles. The van der Waals surface area contributed by atoms with E-state index in [2.05, 4.69) is 35.3 Å². The molecule has 0 radical (unpaired) electrons. The molecule has 0 fully saturated rings. The summed E-state index contributed by atoms with van der Waals surface area (Å²) in [6.45, 7) is 0. The monoisotopic (exact) mass is 263 g/mol. The van der Waals surface area contributed by atoms with Crippen LogP contribution >= 0.6 is 0 Å². The minimum absolute atomic E-state index is 0.0809. The summed E-state index contributed by atoms with van der Waals surface area (Å²) in [6.07, 6.45) is 6.59. The first-order valence-electron chi connectivity index (χ1n) is 7.04. The van der Waals surface area contributed by atoms with E-state index < -0.39 is 0 Å². The van der Waals surface area contributed by atoms with Crippen LogP contribution in [0.25, 0.3) is 5.57 Å². The fourth-order valence-electron chi connectivity index (χ4n) is 2.70. The van der Waals surface area contributed by atoms with Gasteiger partial charge in [0, 0.05) is 12.1 Å². The number of aromatic nitrogens is 1. The van der Waals surface area contributed by atoms with Crippen molar-refractivity contribution in [3.8, 4) is 0 Å². The van der Waals surface area contributed by atoms with E-state index in [-0.39, 0.29) is 11.7 Å². The number of hydrogen-bond acceptors (Lipinski definition) is 2. The molecule has 100 valence electrons. The van der Waals surface area contributed by atoms with Crippen LogP contribution in [-0.2, 0) is 0 Å². The lowest BCUT2D eigenvalue weighted by Crippen LogP contribution is -2.18. The van der Waals surface area contributed by atoms with Gasteiger partial charge in [-0.2, -0.15) is 0 Å². The van der Waals surface area contributed by atoms with Gasteiger partial charge in [-0.1, -0.05) is 42.5 Å². The molecule has 2 nitrogen and oxygen atoms in total. The third-order valence-electron chi connectivity index (χ3n) is 3.84. The van der Waals surface area contributed by atoms with Gasteiger partial charge in [-0.15, -0.1) is 0 Å². The zero-order valence-electron chi connectivity index (χ0n) is 11.3. The molecule has 0 bridgehead atoms. The van der Waals surface area contributed by atoms with E-state index in [4.69, 9.17) is 0 Å². The van der Waals surface area contributed by atoms with Crippen molar-refractivity contribution in [3.05, 3.63) is 72.1 Å². The molecule has 1 aliphatic rings. The number of carbonyl (C=O) groups is 1. The molecule has 1 aromatic carbocycles. The van der Waals surface area contributed by atoms with Gasteiger partial charge in [0.15, 0.2) is 5.78 Å². The Hall–Kier alpha value is -2.22. The van der Waals surface area contributed by atoms with Crippen LogP contribution in [-0.4, -0.2) is 10.8 Å². The predicted molar refractivity (Wildman–Crippen MR) is 80.3 cm³/mol. The number of nitrogens with zero attached hydrogens (tertiary/aromatic N) is 1. The molecule has 1 unspecified atom stereocenters. The molecule has 1 heterocycles. The molecular weight excluding hydrogens is 246 g/mol. The van der Waals surface area contributed by atoms with Gasteiger partial charge in [-0.05, 0) is 42.5 Å². The maximum absolute atomic E-state index is 12.4. The summed E-state index contributed by atoms with van der Waals surface area (Å²) in [5.41, 5.74) is 3.22. The lowest BCUT2D eigenvalue weighted by molar-refractivity contribution is 0.0908. The summed E-state index contributed by atoms with van der Waals surface area (Å²) < 4.78 is 0. The number of ketones is 1. The lowest BCUT2D eigenvalue weighted by atomic mass is 9.83. The van der Waals surface area contributed by atoms with E-state index in [1.165, 1.54) is 11.1 Å². The maximum atomic E-state index is 12.4. The highest BCUT2D eigenvalue weighted by molar-refractivity contribution is 5.96. The van der Waals surface area contributed by atoms with Gasteiger partial charge in [-0.25, -0.2) is 0 Å². The molecule has 0 saturated heterocycles. The quantitative estimate of drug-likeness (QED) is 0.779. The van der Waals surface area contributed by atoms with Crippen LogP contribution in [0.3, 0.4) is 0 Å². The van der Waals surface area contributed by atoms with Crippen LogP contribution < -0.4 is 0 Å². The Morgan fingerprint density at radius 2 is 1.85 bits per heavy atom. The van der Waals surface area contributed by atoms with E-state index in [0.717, 1.165) is 19.3 Å². The van der Waals surface area contributed by atoms with Gasteiger partial charge in [0.2, 0.25) is 0 Å². The third kappa shape index (κ3) is 2.69. The molecule has 2 aromatic rings. The van der Waals surface area contributed by atoms with Crippen molar-refractivity contribution in [1.82, 2.24) is 4.98 Å². The van der Waals surface area contributed by atoms with E-state index >= 15 is 0 Å². The minimum atomic E-state index is 0.0809. The Labute approximate surface area is 119 Å². The molecule has 0 aliphatic heterocycles. The van der Waals surface area contributed by atoms with Crippen LogP contribution in [0.4, 0.5) is 0 Å². The normalized spacial score (nSPS) is 18.4. The average Bonchev–Trinajstić information content (AvgIpc) is 2.56. The zero-order chi connectivity index (χ0) is 13.8. The topological polar surface area (TPSA) is 30.0 Å². The predicted octanol–water partition coefficient (Wildman–Crippen LogP) is 4.15. The summed E-state index contributed by atoms with van der Waals surface area (Å²) in [5, 5.41) is 0. The van der Waals surface area contributed by atoms with E-state index in [0.29, 0.717) is 5.69 Å². The van der Waals surface area contributed by atoms with E-state index in [1.54, 1.807) is 12.3 Å². The Bertz CT molecular complexity index is 616. The second-order valence-corrected chi connectivity index (χ2v) is 5.15.